The number of benzene rings is 1. The number of hydrogen-bond acceptors (Lipinski definition) is 3. The van der Waals surface area contributed by atoms with Crippen molar-refractivity contribution >= 4 is 10.9 Å². The van der Waals surface area contributed by atoms with E-state index in [1.807, 2.05) is 0 Å². The molecule has 0 atom stereocenters. The number of aromatic nitrogens is 2. The first kappa shape index (κ1) is 11.6. The second-order valence-corrected chi connectivity index (χ2v) is 3.42. The standard InChI is InChI=1S/C10H8F3N3O/c11-10(12,13)6-3-1-2-5-7(4-14)15-9(17)16-8(5)6/h1-3H,4,14H2,(H,15,16,17). The second kappa shape index (κ2) is 3.85. The fourth-order valence-corrected chi connectivity index (χ4v) is 1.62. The minimum absolute atomic E-state index is 0.0599. The van der Waals surface area contributed by atoms with Crippen molar-refractivity contribution in [1.29, 1.82) is 0 Å². The van der Waals surface area contributed by atoms with Crippen molar-refractivity contribution < 1.29 is 13.2 Å². The van der Waals surface area contributed by atoms with Crippen LogP contribution in [-0.4, -0.2) is 9.97 Å². The lowest BCUT2D eigenvalue weighted by Crippen LogP contribution is -2.18. The molecule has 0 unspecified atom stereocenters. The lowest BCUT2D eigenvalue weighted by atomic mass is 10.1. The van der Waals surface area contributed by atoms with E-state index in [0.717, 1.165) is 6.07 Å². The lowest BCUT2D eigenvalue weighted by Gasteiger charge is -2.10. The van der Waals surface area contributed by atoms with Crippen molar-refractivity contribution in [2.24, 2.45) is 5.73 Å². The van der Waals surface area contributed by atoms with Crippen molar-refractivity contribution in [2.75, 3.05) is 0 Å². The molecule has 2 aromatic rings. The van der Waals surface area contributed by atoms with Gasteiger partial charge in [0.1, 0.15) is 0 Å². The Morgan fingerprint density at radius 1 is 1.35 bits per heavy atom. The van der Waals surface area contributed by atoms with E-state index in [0.29, 0.717) is 0 Å². The van der Waals surface area contributed by atoms with Gasteiger partial charge in [-0.3, -0.25) is 0 Å². The number of para-hydroxylation sites is 1. The molecule has 17 heavy (non-hydrogen) atoms. The van der Waals surface area contributed by atoms with Gasteiger partial charge in [0.05, 0.1) is 11.1 Å². The molecule has 0 saturated carbocycles. The molecular formula is C10H8F3N3O. The van der Waals surface area contributed by atoms with Crippen molar-refractivity contribution in [3.8, 4) is 0 Å². The number of aromatic amines is 1. The van der Waals surface area contributed by atoms with Crippen molar-refractivity contribution in [2.45, 2.75) is 12.7 Å². The maximum atomic E-state index is 12.7. The summed E-state index contributed by atoms with van der Waals surface area (Å²) in [6, 6.07) is 3.58. The van der Waals surface area contributed by atoms with Gasteiger partial charge < -0.3 is 10.7 Å². The third-order valence-electron chi connectivity index (χ3n) is 2.34. The zero-order valence-corrected chi connectivity index (χ0v) is 8.51. The van der Waals surface area contributed by atoms with Crippen LogP contribution >= 0.6 is 0 Å². The van der Waals surface area contributed by atoms with Gasteiger partial charge in [-0.1, -0.05) is 12.1 Å². The second-order valence-electron chi connectivity index (χ2n) is 3.42. The van der Waals surface area contributed by atoms with Gasteiger partial charge in [-0.2, -0.15) is 18.2 Å². The Balaban J connectivity index is 2.90. The average Bonchev–Trinajstić information content (AvgIpc) is 2.25. The Morgan fingerprint density at radius 2 is 2.06 bits per heavy atom. The minimum Gasteiger partial charge on any atom is -0.325 e. The van der Waals surface area contributed by atoms with Gasteiger partial charge in [-0.15, -0.1) is 0 Å². The van der Waals surface area contributed by atoms with Crippen LogP contribution < -0.4 is 11.4 Å². The summed E-state index contributed by atoms with van der Waals surface area (Å²) in [6.45, 7) is -0.0599. The van der Waals surface area contributed by atoms with Crippen LogP contribution in [0.2, 0.25) is 0 Å². The van der Waals surface area contributed by atoms with Crippen LogP contribution in [0, 0.1) is 0 Å². The van der Waals surface area contributed by atoms with E-state index in [9.17, 15) is 18.0 Å². The Bertz CT molecular complexity index is 618. The summed E-state index contributed by atoms with van der Waals surface area (Å²) in [5, 5.41) is 0.210. The fraction of sp³-hybridized carbons (Fsp3) is 0.200. The summed E-state index contributed by atoms with van der Waals surface area (Å²) in [7, 11) is 0. The number of fused-ring (bicyclic) bond motifs is 1. The third-order valence-corrected chi connectivity index (χ3v) is 2.34. The molecule has 1 aromatic carbocycles. The number of halogens is 3. The minimum atomic E-state index is -4.55. The molecule has 2 rings (SSSR count). The van der Waals surface area contributed by atoms with Crippen LogP contribution in [0.25, 0.3) is 10.9 Å². The quantitative estimate of drug-likeness (QED) is 0.795. The van der Waals surface area contributed by atoms with Gasteiger partial charge in [0.15, 0.2) is 0 Å². The Kier molecular flexibility index (Phi) is 2.62. The van der Waals surface area contributed by atoms with Crippen LogP contribution in [0.3, 0.4) is 0 Å². The topological polar surface area (TPSA) is 71.8 Å². The monoisotopic (exact) mass is 243 g/mol. The van der Waals surface area contributed by atoms with Crippen LogP contribution in [-0.2, 0) is 12.7 Å². The first-order valence-electron chi connectivity index (χ1n) is 4.72. The molecule has 0 amide bonds. The molecule has 4 nitrogen and oxygen atoms in total. The summed E-state index contributed by atoms with van der Waals surface area (Å²) >= 11 is 0. The molecule has 0 saturated heterocycles. The number of rotatable bonds is 1. The summed E-state index contributed by atoms with van der Waals surface area (Å²) in [6.07, 6.45) is -4.55. The molecule has 1 heterocycles. The number of nitrogens with two attached hydrogens (primary N) is 1. The van der Waals surface area contributed by atoms with E-state index in [-0.39, 0.29) is 23.1 Å². The summed E-state index contributed by atoms with van der Waals surface area (Å²) in [5.74, 6) is 0. The van der Waals surface area contributed by atoms with Gasteiger partial charge in [0.25, 0.3) is 0 Å². The third kappa shape index (κ3) is 2.01. The molecule has 0 aliphatic rings. The van der Waals surface area contributed by atoms with E-state index < -0.39 is 17.4 Å². The van der Waals surface area contributed by atoms with Crippen LogP contribution in [0.4, 0.5) is 13.2 Å². The lowest BCUT2D eigenvalue weighted by molar-refractivity contribution is -0.136. The molecule has 7 heteroatoms. The molecule has 0 fully saturated rings. The van der Waals surface area contributed by atoms with Crippen molar-refractivity contribution in [3.63, 3.8) is 0 Å². The normalized spacial score (nSPS) is 12.0. The Labute approximate surface area is 93.3 Å². The highest BCUT2D eigenvalue weighted by Crippen LogP contribution is 2.33. The van der Waals surface area contributed by atoms with Gasteiger partial charge in [0.2, 0.25) is 0 Å². The molecule has 0 aliphatic heterocycles. The van der Waals surface area contributed by atoms with Crippen molar-refractivity contribution in [1.82, 2.24) is 9.97 Å². The first-order chi connectivity index (χ1) is 7.93. The van der Waals surface area contributed by atoms with E-state index in [4.69, 9.17) is 5.73 Å². The first-order valence-corrected chi connectivity index (χ1v) is 4.72. The molecule has 0 spiro atoms. The summed E-state index contributed by atoms with van der Waals surface area (Å²) < 4.78 is 38.1. The maximum absolute atomic E-state index is 12.7. The SMILES string of the molecule is NCc1[nH]c(=O)nc2c(C(F)(F)F)cccc12. The highest BCUT2D eigenvalue weighted by Gasteiger charge is 2.33. The van der Waals surface area contributed by atoms with Gasteiger partial charge in [-0.05, 0) is 6.07 Å². The average molecular weight is 243 g/mol. The summed E-state index contributed by atoms with van der Waals surface area (Å²) in [5.41, 5.74) is 3.46. The van der Waals surface area contributed by atoms with E-state index >= 15 is 0 Å². The van der Waals surface area contributed by atoms with Crippen LogP contribution in [0.1, 0.15) is 11.3 Å². The number of alkyl halides is 3. The zero-order valence-electron chi connectivity index (χ0n) is 8.51. The smallest absolute Gasteiger partial charge is 0.325 e. The largest absolute Gasteiger partial charge is 0.418 e. The van der Waals surface area contributed by atoms with Crippen LogP contribution in [0.5, 0.6) is 0 Å². The van der Waals surface area contributed by atoms with E-state index in [2.05, 4.69) is 9.97 Å². The Morgan fingerprint density at radius 3 is 2.65 bits per heavy atom. The van der Waals surface area contributed by atoms with Gasteiger partial charge in [-0.25, -0.2) is 4.79 Å². The number of nitrogens with one attached hydrogen (secondary N) is 1. The van der Waals surface area contributed by atoms with Gasteiger partial charge in [0, 0.05) is 17.6 Å². The summed E-state index contributed by atoms with van der Waals surface area (Å²) in [4.78, 5) is 16.8. The number of H-pyrrole nitrogens is 1. The molecule has 0 radical (unpaired) electrons. The van der Waals surface area contributed by atoms with E-state index in [1.54, 1.807) is 0 Å². The number of hydrogen-bond donors (Lipinski definition) is 2. The number of nitrogens with zero attached hydrogens (tertiary/aromatic N) is 1. The molecule has 90 valence electrons. The highest BCUT2D eigenvalue weighted by molar-refractivity contribution is 5.84. The van der Waals surface area contributed by atoms with Crippen molar-refractivity contribution in [3.05, 3.63) is 39.9 Å². The molecule has 3 N–H and O–H groups in total. The maximum Gasteiger partial charge on any atom is 0.418 e. The molecule has 0 bridgehead atoms. The predicted octanol–water partition coefficient (Wildman–Crippen LogP) is 1.40. The van der Waals surface area contributed by atoms with Gasteiger partial charge >= 0.3 is 11.9 Å². The van der Waals surface area contributed by atoms with E-state index in [1.165, 1.54) is 12.1 Å². The highest BCUT2D eigenvalue weighted by atomic mass is 19.4. The molecule has 1 aromatic heterocycles. The fourth-order valence-electron chi connectivity index (χ4n) is 1.62. The predicted molar refractivity (Wildman–Crippen MR) is 55.3 cm³/mol. The van der Waals surface area contributed by atoms with Crippen LogP contribution in [0.15, 0.2) is 23.0 Å². The Hall–Kier alpha value is -1.89. The molecular weight excluding hydrogens is 235 g/mol. The zero-order chi connectivity index (χ0) is 12.6. The molecule has 0 aliphatic carbocycles.